The predicted molar refractivity (Wildman–Crippen MR) is 49.0 cm³/mol. The van der Waals surface area contributed by atoms with E-state index in [2.05, 4.69) is 0 Å². The highest BCUT2D eigenvalue weighted by atomic mass is 19.1. The van der Waals surface area contributed by atoms with Crippen LogP contribution in [0, 0.1) is 0 Å². The molecule has 1 fully saturated rings. The molecule has 1 saturated heterocycles. The minimum Gasteiger partial charge on any atom is -0.340 e. The number of hydrogen-bond donors (Lipinski definition) is 1. The van der Waals surface area contributed by atoms with Crippen LogP contribution in [0.25, 0.3) is 0 Å². The van der Waals surface area contributed by atoms with Gasteiger partial charge in [0.15, 0.2) is 0 Å². The third kappa shape index (κ3) is 2.66. The van der Waals surface area contributed by atoms with Gasteiger partial charge in [-0.15, -0.1) is 0 Å². The monoisotopic (exact) mass is 188 g/mol. The van der Waals surface area contributed by atoms with E-state index in [0.29, 0.717) is 19.4 Å². The van der Waals surface area contributed by atoms with Gasteiger partial charge in [0.05, 0.1) is 6.54 Å². The lowest BCUT2D eigenvalue weighted by molar-refractivity contribution is -0.133. The second kappa shape index (κ2) is 4.56. The number of piperidine rings is 1. The average molecular weight is 188 g/mol. The summed E-state index contributed by atoms with van der Waals surface area (Å²) in [6.45, 7) is 2.74. The number of halogens is 1. The summed E-state index contributed by atoms with van der Waals surface area (Å²) in [6, 6.07) is -0.384. The van der Waals surface area contributed by atoms with E-state index in [0.717, 1.165) is 6.42 Å². The first-order valence-electron chi connectivity index (χ1n) is 4.82. The molecular formula is C9H17FN2O. The average Bonchev–Trinajstić information content (AvgIpc) is 2.10. The van der Waals surface area contributed by atoms with E-state index in [4.69, 9.17) is 5.73 Å². The van der Waals surface area contributed by atoms with Crippen LogP contribution in [-0.2, 0) is 4.79 Å². The maximum absolute atomic E-state index is 13.1. The standard InChI is InChI=1S/C9H17FN2O/c1-2-3-9(13)12-5-4-8(11)7(10)6-12/h7-8H,2-6,11H2,1H3. The van der Waals surface area contributed by atoms with Crippen molar-refractivity contribution in [3.63, 3.8) is 0 Å². The molecule has 1 amide bonds. The van der Waals surface area contributed by atoms with Crippen LogP contribution in [0.1, 0.15) is 26.2 Å². The number of nitrogens with two attached hydrogens (primary N) is 1. The van der Waals surface area contributed by atoms with Crippen molar-refractivity contribution in [2.24, 2.45) is 5.73 Å². The number of nitrogens with zero attached hydrogens (tertiary/aromatic N) is 1. The van der Waals surface area contributed by atoms with Crippen LogP contribution in [0.15, 0.2) is 0 Å². The first kappa shape index (κ1) is 10.4. The van der Waals surface area contributed by atoms with Gasteiger partial charge in [-0.05, 0) is 12.8 Å². The van der Waals surface area contributed by atoms with Crippen molar-refractivity contribution >= 4 is 5.91 Å². The Morgan fingerprint density at radius 3 is 2.92 bits per heavy atom. The van der Waals surface area contributed by atoms with Crippen LogP contribution in [0.3, 0.4) is 0 Å². The van der Waals surface area contributed by atoms with Crippen LogP contribution in [0.2, 0.25) is 0 Å². The summed E-state index contributed by atoms with van der Waals surface area (Å²) >= 11 is 0. The molecule has 0 radical (unpaired) electrons. The second-order valence-electron chi connectivity index (χ2n) is 3.56. The molecule has 2 atom stereocenters. The van der Waals surface area contributed by atoms with Crippen molar-refractivity contribution in [1.82, 2.24) is 4.90 Å². The maximum atomic E-state index is 13.1. The quantitative estimate of drug-likeness (QED) is 0.692. The molecule has 13 heavy (non-hydrogen) atoms. The van der Waals surface area contributed by atoms with Crippen molar-refractivity contribution in [2.75, 3.05) is 13.1 Å². The third-order valence-electron chi connectivity index (χ3n) is 2.41. The molecule has 1 rings (SSSR count). The highest BCUT2D eigenvalue weighted by Gasteiger charge is 2.28. The summed E-state index contributed by atoms with van der Waals surface area (Å²) in [5.41, 5.74) is 5.50. The minimum absolute atomic E-state index is 0.0528. The van der Waals surface area contributed by atoms with Gasteiger partial charge in [0.25, 0.3) is 0 Å². The van der Waals surface area contributed by atoms with E-state index >= 15 is 0 Å². The van der Waals surface area contributed by atoms with Crippen molar-refractivity contribution in [3.8, 4) is 0 Å². The van der Waals surface area contributed by atoms with Gasteiger partial charge >= 0.3 is 0 Å². The molecule has 0 aromatic rings. The Labute approximate surface area is 78.1 Å². The number of carbonyl (C=O) groups excluding carboxylic acids is 1. The van der Waals surface area contributed by atoms with Crippen LogP contribution in [-0.4, -0.2) is 36.1 Å². The van der Waals surface area contributed by atoms with E-state index < -0.39 is 6.17 Å². The molecule has 0 spiro atoms. The fourth-order valence-electron chi connectivity index (χ4n) is 1.52. The van der Waals surface area contributed by atoms with Crippen molar-refractivity contribution in [3.05, 3.63) is 0 Å². The Hall–Kier alpha value is -0.640. The summed E-state index contributed by atoms with van der Waals surface area (Å²) < 4.78 is 13.1. The molecule has 1 aliphatic heterocycles. The summed E-state index contributed by atoms with van der Waals surface area (Å²) in [5, 5.41) is 0. The van der Waals surface area contributed by atoms with Crippen LogP contribution >= 0.6 is 0 Å². The lowest BCUT2D eigenvalue weighted by Crippen LogP contribution is -2.50. The van der Waals surface area contributed by atoms with Gasteiger partial charge in [-0.1, -0.05) is 6.92 Å². The van der Waals surface area contributed by atoms with Gasteiger partial charge in [0.1, 0.15) is 6.17 Å². The third-order valence-corrected chi connectivity index (χ3v) is 2.41. The van der Waals surface area contributed by atoms with Crippen molar-refractivity contribution < 1.29 is 9.18 Å². The molecule has 1 aliphatic rings. The summed E-state index contributed by atoms with van der Waals surface area (Å²) in [5.74, 6) is 0.0528. The first-order chi connectivity index (χ1) is 6.15. The topological polar surface area (TPSA) is 46.3 Å². The molecule has 1 heterocycles. The van der Waals surface area contributed by atoms with Gasteiger partial charge in [-0.25, -0.2) is 4.39 Å². The summed E-state index contributed by atoms with van der Waals surface area (Å²) in [6.07, 6.45) is 0.867. The first-order valence-corrected chi connectivity index (χ1v) is 4.82. The lowest BCUT2D eigenvalue weighted by atomic mass is 10.0. The van der Waals surface area contributed by atoms with Crippen molar-refractivity contribution in [2.45, 2.75) is 38.4 Å². The van der Waals surface area contributed by atoms with Gasteiger partial charge in [0.2, 0.25) is 5.91 Å². The second-order valence-corrected chi connectivity index (χ2v) is 3.56. The van der Waals surface area contributed by atoms with Crippen molar-refractivity contribution in [1.29, 1.82) is 0 Å². The number of rotatable bonds is 2. The van der Waals surface area contributed by atoms with E-state index in [1.54, 1.807) is 4.90 Å². The largest absolute Gasteiger partial charge is 0.340 e. The Morgan fingerprint density at radius 1 is 1.69 bits per heavy atom. The van der Waals surface area contributed by atoms with Gasteiger partial charge in [-0.2, -0.15) is 0 Å². The fourth-order valence-corrected chi connectivity index (χ4v) is 1.52. The molecule has 2 unspecified atom stereocenters. The Bertz CT molecular complexity index is 186. The van der Waals surface area contributed by atoms with E-state index in [1.165, 1.54) is 0 Å². The number of carbonyl (C=O) groups is 1. The smallest absolute Gasteiger partial charge is 0.222 e. The zero-order valence-corrected chi connectivity index (χ0v) is 8.00. The van der Waals surface area contributed by atoms with Crippen LogP contribution in [0.4, 0.5) is 4.39 Å². The maximum Gasteiger partial charge on any atom is 0.222 e. The molecule has 0 aliphatic carbocycles. The molecule has 4 heteroatoms. The normalized spacial score (nSPS) is 29.0. The van der Waals surface area contributed by atoms with Crippen LogP contribution in [0.5, 0.6) is 0 Å². The van der Waals surface area contributed by atoms with Gasteiger partial charge in [0, 0.05) is 19.0 Å². The lowest BCUT2D eigenvalue weighted by Gasteiger charge is -2.32. The number of hydrogen-bond acceptors (Lipinski definition) is 2. The molecule has 2 N–H and O–H groups in total. The molecule has 0 aromatic heterocycles. The van der Waals surface area contributed by atoms with Gasteiger partial charge < -0.3 is 10.6 Å². The SMILES string of the molecule is CCCC(=O)N1CCC(N)C(F)C1. The zero-order valence-electron chi connectivity index (χ0n) is 8.00. The van der Waals surface area contributed by atoms with E-state index in [1.807, 2.05) is 6.92 Å². The Morgan fingerprint density at radius 2 is 2.38 bits per heavy atom. The molecule has 0 aromatic carbocycles. The fraction of sp³-hybridized carbons (Fsp3) is 0.889. The molecular weight excluding hydrogens is 171 g/mol. The van der Waals surface area contributed by atoms with E-state index in [-0.39, 0.29) is 18.5 Å². The van der Waals surface area contributed by atoms with Gasteiger partial charge in [-0.3, -0.25) is 4.79 Å². The summed E-state index contributed by atoms with van der Waals surface area (Å²) in [7, 11) is 0. The number of likely N-dealkylation sites (tertiary alicyclic amines) is 1. The van der Waals surface area contributed by atoms with Crippen LogP contribution < -0.4 is 5.73 Å². The van der Waals surface area contributed by atoms with E-state index in [9.17, 15) is 9.18 Å². The number of amides is 1. The predicted octanol–water partition coefficient (Wildman–Crippen LogP) is 0.684. The highest BCUT2D eigenvalue weighted by molar-refractivity contribution is 5.76. The highest BCUT2D eigenvalue weighted by Crippen LogP contribution is 2.13. The minimum atomic E-state index is -1.05. The molecule has 0 saturated carbocycles. The molecule has 3 nitrogen and oxygen atoms in total. The Kier molecular flexibility index (Phi) is 3.66. The molecule has 0 bridgehead atoms. The Balaban J connectivity index is 2.40. The zero-order chi connectivity index (χ0) is 9.84. The molecule has 76 valence electrons. The number of alkyl halides is 1. The summed E-state index contributed by atoms with van der Waals surface area (Å²) in [4.78, 5) is 12.9.